The van der Waals surface area contributed by atoms with Crippen molar-refractivity contribution in [2.45, 2.75) is 97.5 Å². The van der Waals surface area contributed by atoms with Gasteiger partial charge in [-0.25, -0.2) is 0 Å². The molecular formula is C30H54N2O4. The first kappa shape index (κ1) is 28.3. The van der Waals surface area contributed by atoms with Gasteiger partial charge >= 0.3 is 0 Å². The van der Waals surface area contributed by atoms with E-state index in [1.165, 1.54) is 44.9 Å². The van der Waals surface area contributed by atoms with Crippen molar-refractivity contribution in [2.75, 3.05) is 39.5 Å². The van der Waals surface area contributed by atoms with E-state index < -0.39 is 0 Å². The first-order valence-corrected chi connectivity index (χ1v) is 15.1. The van der Waals surface area contributed by atoms with Gasteiger partial charge in [0.25, 0.3) is 0 Å². The van der Waals surface area contributed by atoms with E-state index in [0.717, 1.165) is 48.9 Å². The highest BCUT2D eigenvalue weighted by Gasteiger charge is 2.60. The number of aliphatic hydroxyl groups is 1. The summed E-state index contributed by atoms with van der Waals surface area (Å²) in [6, 6.07) is 0. The lowest BCUT2D eigenvalue weighted by Crippen LogP contribution is -2.54. The Labute approximate surface area is 219 Å². The van der Waals surface area contributed by atoms with Crippen LogP contribution >= 0.6 is 0 Å². The molecule has 6 nitrogen and oxygen atoms in total. The topological polar surface area (TPSA) is 93.8 Å². The van der Waals surface area contributed by atoms with Crippen molar-refractivity contribution in [2.24, 2.45) is 52.1 Å². The highest BCUT2D eigenvalue weighted by atomic mass is 16.5. The molecule has 0 spiro atoms. The predicted molar refractivity (Wildman–Crippen MR) is 143 cm³/mol. The van der Waals surface area contributed by atoms with Crippen molar-refractivity contribution in [1.29, 1.82) is 0 Å². The molecule has 0 saturated heterocycles. The molecule has 4 aliphatic rings. The van der Waals surface area contributed by atoms with Gasteiger partial charge in [0.15, 0.2) is 0 Å². The number of rotatable bonds is 12. The Balaban J connectivity index is 1.22. The van der Waals surface area contributed by atoms with E-state index in [0.29, 0.717) is 62.7 Å². The summed E-state index contributed by atoms with van der Waals surface area (Å²) in [5.41, 5.74) is 6.28. The Kier molecular flexibility index (Phi) is 9.79. The summed E-state index contributed by atoms with van der Waals surface area (Å²) in [6.07, 6.45) is 13.0. The Morgan fingerprint density at radius 2 is 1.69 bits per heavy atom. The van der Waals surface area contributed by atoms with Gasteiger partial charge in [-0.2, -0.15) is 0 Å². The lowest BCUT2D eigenvalue weighted by atomic mass is 9.44. The predicted octanol–water partition coefficient (Wildman–Crippen LogP) is 4.53. The molecule has 208 valence electrons. The molecule has 9 atom stereocenters. The monoisotopic (exact) mass is 506 g/mol. The van der Waals surface area contributed by atoms with E-state index in [2.05, 4.69) is 26.1 Å². The number of carbonyl (C=O) groups excluding carboxylic acids is 1. The number of carbonyl (C=O) groups is 1. The van der Waals surface area contributed by atoms with Gasteiger partial charge in [0.1, 0.15) is 0 Å². The van der Waals surface area contributed by atoms with Crippen molar-refractivity contribution in [3.05, 3.63) is 0 Å². The fourth-order valence-electron chi connectivity index (χ4n) is 9.53. The molecule has 0 aromatic heterocycles. The van der Waals surface area contributed by atoms with Crippen LogP contribution in [0.3, 0.4) is 0 Å². The highest BCUT2D eigenvalue weighted by molar-refractivity contribution is 5.75. The zero-order valence-electron chi connectivity index (χ0n) is 23.3. The zero-order chi connectivity index (χ0) is 25.8. The minimum Gasteiger partial charge on any atom is -0.393 e. The van der Waals surface area contributed by atoms with Crippen LogP contribution in [-0.2, 0) is 14.3 Å². The van der Waals surface area contributed by atoms with Crippen LogP contribution in [0.5, 0.6) is 0 Å². The zero-order valence-corrected chi connectivity index (χ0v) is 23.3. The Bertz CT molecular complexity index is 719. The van der Waals surface area contributed by atoms with Crippen LogP contribution in [0.1, 0.15) is 91.4 Å². The summed E-state index contributed by atoms with van der Waals surface area (Å²) in [5, 5.41) is 13.3. The second-order valence-corrected chi connectivity index (χ2v) is 13.2. The van der Waals surface area contributed by atoms with Crippen LogP contribution in [0.4, 0.5) is 0 Å². The molecule has 0 bridgehead atoms. The number of aliphatic hydroxyl groups excluding tert-OH is 1. The largest absolute Gasteiger partial charge is 0.393 e. The number of nitrogens with two attached hydrogens (primary N) is 1. The van der Waals surface area contributed by atoms with Crippen molar-refractivity contribution in [1.82, 2.24) is 5.32 Å². The molecule has 6 heteroatoms. The number of hydrogen-bond donors (Lipinski definition) is 3. The minimum absolute atomic E-state index is 0.0593. The summed E-state index contributed by atoms with van der Waals surface area (Å²) in [4.78, 5) is 12.5. The number of amides is 1. The average molecular weight is 507 g/mol. The Morgan fingerprint density at radius 3 is 2.47 bits per heavy atom. The summed E-state index contributed by atoms with van der Waals surface area (Å²) < 4.78 is 10.8. The molecule has 0 radical (unpaired) electrons. The van der Waals surface area contributed by atoms with Crippen LogP contribution in [0.25, 0.3) is 0 Å². The quantitative estimate of drug-likeness (QED) is 0.338. The van der Waals surface area contributed by atoms with Crippen molar-refractivity contribution in [3.8, 4) is 0 Å². The smallest absolute Gasteiger partial charge is 0.220 e. The van der Waals surface area contributed by atoms with Gasteiger partial charge in [0, 0.05) is 19.5 Å². The highest BCUT2D eigenvalue weighted by Crippen LogP contribution is 2.68. The number of ether oxygens (including phenoxy) is 2. The second-order valence-electron chi connectivity index (χ2n) is 13.2. The lowest BCUT2D eigenvalue weighted by Gasteiger charge is -2.61. The molecule has 4 fully saturated rings. The molecule has 0 aromatic carbocycles. The lowest BCUT2D eigenvalue weighted by molar-refractivity contribution is -0.130. The summed E-state index contributed by atoms with van der Waals surface area (Å²) in [6.45, 7) is 10.9. The number of hydrogen-bond acceptors (Lipinski definition) is 5. The van der Waals surface area contributed by atoms with E-state index in [9.17, 15) is 9.90 Å². The van der Waals surface area contributed by atoms with Gasteiger partial charge < -0.3 is 25.6 Å². The molecule has 0 aliphatic heterocycles. The molecule has 36 heavy (non-hydrogen) atoms. The van der Waals surface area contributed by atoms with Gasteiger partial charge in [-0.05, 0) is 111 Å². The minimum atomic E-state index is -0.0593. The van der Waals surface area contributed by atoms with Crippen LogP contribution in [0, 0.1) is 46.3 Å². The van der Waals surface area contributed by atoms with Crippen LogP contribution in [0.15, 0.2) is 0 Å². The average Bonchev–Trinajstić information content (AvgIpc) is 3.22. The van der Waals surface area contributed by atoms with E-state index in [1.54, 1.807) is 0 Å². The van der Waals surface area contributed by atoms with Crippen LogP contribution in [-0.4, -0.2) is 56.6 Å². The molecule has 0 aromatic rings. The molecular weight excluding hydrogens is 452 g/mol. The van der Waals surface area contributed by atoms with E-state index in [1.807, 2.05) is 0 Å². The summed E-state index contributed by atoms with van der Waals surface area (Å²) >= 11 is 0. The SMILES string of the molecule is C[C@H](CCC(=O)NCCOCCOCCN)[C@H]1CCC2C3CCC4C[C@H](O)CC[C@]4(C)C3CC[C@@]21C. The maximum atomic E-state index is 12.5. The van der Waals surface area contributed by atoms with Crippen molar-refractivity contribution < 1.29 is 19.4 Å². The fraction of sp³-hybridized carbons (Fsp3) is 0.967. The third-order valence-electron chi connectivity index (χ3n) is 11.4. The van der Waals surface area contributed by atoms with Crippen molar-refractivity contribution >= 4 is 5.91 Å². The number of nitrogens with one attached hydrogen (secondary N) is 1. The maximum absolute atomic E-state index is 12.5. The van der Waals surface area contributed by atoms with Crippen LogP contribution < -0.4 is 11.1 Å². The van der Waals surface area contributed by atoms with Crippen LogP contribution in [0.2, 0.25) is 0 Å². The summed E-state index contributed by atoms with van der Waals surface area (Å²) in [5.74, 6) is 4.81. The fourth-order valence-corrected chi connectivity index (χ4v) is 9.53. The van der Waals surface area contributed by atoms with Crippen molar-refractivity contribution in [3.63, 3.8) is 0 Å². The van der Waals surface area contributed by atoms with E-state index >= 15 is 0 Å². The third-order valence-corrected chi connectivity index (χ3v) is 11.4. The molecule has 4 N–H and O–H groups in total. The molecule has 1 amide bonds. The standard InChI is InChI=1S/C30H54N2O4/c1-21(4-9-28(34)32-15-17-36-19-18-35-16-14-31)25-7-8-26-24-6-5-22-20-23(33)10-12-29(22,2)27(24)11-13-30(25,26)3/h21-27,33H,4-20,31H2,1-3H3,(H,32,34)/t21-,22?,23-,24?,25-,26?,27?,29+,30-/m1/s1. The molecule has 0 heterocycles. The van der Waals surface area contributed by atoms with E-state index in [4.69, 9.17) is 15.2 Å². The van der Waals surface area contributed by atoms with Gasteiger partial charge in [0.05, 0.1) is 32.5 Å². The Morgan fingerprint density at radius 1 is 0.972 bits per heavy atom. The molecule has 4 saturated carbocycles. The van der Waals surface area contributed by atoms with E-state index in [-0.39, 0.29) is 12.0 Å². The van der Waals surface area contributed by atoms with Gasteiger partial charge in [-0.15, -0.1) is 0 Å². The second kappa shape index (κ2) is 12.4. The first-order chi connectivity index (χ1) is 17.3. The molecule has 4 rings (SSSR count). The number of fused-ring (bicyclic) bond motifs is 5. The third kappa shape index (κ3) is 5.97. The summed E-state index contributed by atoms with van der Waals surface area (Å²) in [7, 11) is 0. The first-order valence-electron chi connectivity index (χ1n) is 15.1. The van der Waals surface area contributed by atoms with Gasteiger partial charge in [-0.3, -0.25) is 4.79 Å². The normalized spacial score (nSPS) is 40.7. The van der Waals surface area contributed by atoms with Gasteiger partial charge in [-0.1, -0.05) is 20.8 Å². The molecule has 4 aliphatic carbocycles. The van der Waals surface area contributed by atoms with Gasteiger partial charge in [0.2, 0.25) is 5.91 Å². The maximum Gasteiger partial charge on any atom is 0.220 e. The Hall–Kier alpha value is -0.690. The molecule has 4 unspecified atom stereocenters.